The number of benzene rings is 1. The first-order valence-corrected chi connectivity index (χ1v) is 12.9. The third kappa shape index (κ3) is 6.67. The number of nitrogens with one attached hydrogen (secondary N) is 1. The van der Waals surface area contributed by atoms with Crippen LogP contribution in [0.5, 0.6) is 0 Å². The molecule has 3 aliphatic heterocycles. The number of pyridine rings is 1. The van der Waals surface area contributed by atoms with Crippen LogP contribution >= 0.6 is 0 Å². The monoisotopic (exact) mass is 518 g/mol. The molecule has 1 unspecified atom stereocenters. The molecule has 1 amide bonds. The van der Waals surface area contributed by atoms with E-state index in [0.29, 0.717) is 44.3 Å². The van der Waals surface area contributed by atoms with Crippen molar-refractivity contribution in [2.75, 3.05) is 39.4 Å². The van der Waals surface area contributed by atoms with Crippen molar-refractivity contribution in [3.8, 4) is 0 Å². The third-order valence-corrected chi connectivity index (χ3v) is 7.51. The number of ether oxygens (including phenoxy) is 2. The average molecular weight is 519 g/mol. The highest BCUT2D eigenvalue weighted by molar-refractivity contribution is 5.78. The van der Waals surface area contributed by atoms with E-state index >= 15 is 0 Å². The van der Waals surface area contributed by atoms with Gasteiger partial charge in [-0.2, -0.15) is 13.2 Å². The van der Waals surface area contributed by atoms with Gasteiger partial charge in [-0.3, -0.25) is 19.6 Å². The Morgan fingerprint density at radius 1 is 1.14 bits per heavy atom. The minimum Gasteiger partial charge on any atom is -0.381 e. The number of aromatic nitrogens is 1. The smallest absolute Gasteiger partial charge is 0.381 e. The molecule has 5 rings (SSSR count). The van der Waals surface area contributed by atoms with Crippen LogP contribution in [0.1, 0.15) is 35.2 Å². The summed E-state index contributed by atoms with van der Waals surface area (Å²) in [4.78, 5) is 21.7. The lowest BCUT2D eigenvalue weighted by Crippen LogP contribution is -2.48. The number of hydrogen-bond donors (Lipinski definition) is 1. The maximum Gasteiger partial charge on any atom is 0.416 e. The molecule has 1 aromatic heterocycles. The Morgan fingerprint density at radius 3 is 2.73 bits per heavy atom. The molecule has 7 nitrogen and oxygen atoms in total. The Bertz CT molecular complexity index is 1060. The van der Waals surface area contributed by atoms with Crippen molar-refractivity contribution in [2.45, 2.75) is 56.8 Å². The van der Waals surface area contributed by atoms with Gasteiger partial charge in [0.15, 0.2) is 0 Å². The molecule has 2 saturated heterocycles. The quantitative estimate of drug-likeness (QED) is 0.608. The molecule has 37 heavy (non-hydrogen) atoms. The molecular weight excluding hydrogens is 485 g/mol. The van der Waals surface area contributed by atoms with Gasteiger partial charge in [0.05, 0.1) is 36.6 Å². The van der Waals surface area contributed by atoms with Crippen molar-refractivity contribution in [3.05, 3.63) is 65.0 Å². The number of likely N-dealkylation sites (tertiary alicyclic amines) is 1. The fourth-order valence-electron chi connectivity index (χ4n) is 5.52. The first-order chi connectivity index (χ1) is 17.8. The lowest BCUT2D eigenvalue weighted by Gasteiger charge is -2.31. The molecule has 3 aliphatic rings. The predicted molar refractivity (Wildman–Crippen MR) is 131 cm³/mol. The molecule has 0 aliphatic carbocycles. The van der Waals surface area contributed by atoms with E-state index < -0.39 is 11.7 Å². The van der Waals surface area contributed by atoms with Gasteiger partial charge < -0.3 is 14.8 Å². The van der Waals surface area contributed by atoms with E-state index in [1.807, 2.05) is 23.1 Å². The van der Waals surface area contributed by atoms with E-state index in [-0.39, 0.29) is 24.6 Å². The van der Waals surface area contributed by atoms with E-state index in [1.54, 1.807) is 12.3 Å². The number of fused-ring (bicyclic) bond motifs is 1. The van der Waals surface area contributed by atoms with Crippen molar-refractivity contribution < 1.29 is 27.4 Å². The third-order valence-electron chi connectivity index (χ3n) is 7.51. The number of alkyl halides is 3. The van der Waals surface area contributed by atoms with Crippen LogP contribution in [0.25, 0.3) is 0 Å². The summed E-state index contributed by atoms with van der Waals surface area (Å²) in [5.74, 6) is -0.138. The van der Waals surface area contributed by atoms with Gasteiger partial charge in [-0.05, 0) is 54.7 Å². The molecule has 1 N–H and O–H groups in total. The van der Waals surface area contributed by atoms with Crippen molar-refractivity contribution in [1.82, 2.24) is 20.1 Å². The summed E-state index contributed by atoms with van der Waals surface area (Å²) in [6, 6.07) is 9.83. The van der Waals surface area contributed by atoms with Gasteiger partial charge in [0, 0.05) is 51.6 Å². The Balaban J connectivity index is 1.20. The van der Waals surface area contributed by atoms with Crippen LogP contribution in [-0.2, 0) is 40.0 Å². The van der Waals surface area contributed by atoms with E-state index in [4.69, 9.17) is 9.47 Å². The summed E-state index contributed by atoms with van der Waals surface area (Å²) in [7, 11) is 0. The zero-order valence-electron chi connectivity index (χ0n) is 20.8. The lowest BCUT2D eigenvalue weighted by atomic mass is 9.97. The maximum absolute atomic E-state index is 13.2. The SMILES string of the molecule is O=C(CN1CCc2ccc(C(F)(F)F)cc2C1)NC1CN(C2CCOCC2)C[C@@H]1OCc1ccccn1. The zero-order chi connectivity index (χ0) is 25.8. The standard InChI is InChI=1S/C27H33F3N4O3/c28-27(29,30)21-5-4-19-6-10-33(14-20(19)13-21)17-26(35)32-24-15-34(23-7-11-36-12-8-23)16-25(24)37-18-22-3-1-2-9-31-22/h1-5,9,13,23-25H,6-8,10-12,14-18H2,(H,32,35)/t24?,25-/m0/s1. The minimum absolute atomic E-state index is 0.135. The number of carbonyl (C=O) groups excluding carboxylic acids is 1. The van der Waals surface area contributed by atoms with Crippen LogP contribution in [0.15, 0.2) is 42.6 Å². The highest BCUT2D eigenvalue weighted by Crippen LogP contribution is 2.32. The van der Waals surface area contributed by atoms with Gasteiger partial charge >= 0.3 is 6.18 Å². The summed E-state index contributed by atoms with van der Waals surface area (Å²) < 4.78 is 51.2. The number of halogens is 3. The summed E-state index contributed by atoms with van der Waals surface area (Å²) in [6.45, 7) is 4.35. The lowest BCUT2D eigenvalue weighted by molar-refractivity contribution is -0.137. The maximum atomic E-state index is 13.2. The topological polar surface area (TPSA) is 66.9 Å². The highest BCUT2D eigenvalue weighted by Gasteiger charge is 2.38. The molecule has 2 aromatic rings. The largest absolute Gasteiger partial charge is 0.416 e. The Hall–Kier alpha value is -2.53. The second-order valence-electron chi connectivity index (χ2n) is 10.1. The molecule has 2 fully saturated rings. The molecular formula is C27H33F3N4O3. The van der Waals surface area contributed by atoms with E-state index in [1.165, 1.54) is 6.07 Å². The number of rotatable bonds is 7. The predicted octanol–water partition coefficient (Wildman–Crippen LogP) is 3.02. The fourth-order valence-corrected chi connectivity index (χ4v) is 5.52. The molecule has 0 saturated carbocycles. The van der Waals surface area contributed by atoms with E-state index in [0.717, 1.165) is 49.9 Å². The average Bonchev–Trinajstić information content (AvgIpc) is 3.30. The number of nitrogens with zero attached hydrogens (tertiary/aromatic N) is 3. The second-order valence-corrected chi connectivity index (χ2v) is 10.1. The zero-order valence-corrected chi connectivity index (χ0v) is 20.8. The summed E-state index contributed by atoms with van der Waals surface area (Å²) in [6.07, 6.45) is -0.281. The van der Waals surface area contributed by atoms with E-state index in [9.17, 15) is 18.0 Å². The van der Waals surface area contributed by atoms with Gasteiger partial charge in [0.1, 0.15) is 0 Å². The van der Waals surface area contributed by atoms with Crippen LogP contribution in [0, 0.1) is 0 Å². The van der Waals surface area contributed by atoms with Crippen LogP contribution in [-0.4, -0.2) is 78.3 Å². The van der Waals surface area contributed by atoms with Crippen LogP contribution in [0.4, 0.5) is 13.2 Å². The second kappa shape index (κ2) is 11.5. The molecule has 2 atom stereocenters. The number of carbonyl (C=O) groups is 1. The Kier molecular flexibility index (Phi) is 8.09. The van der Waals surface area contributed by atoms with E-state index in [2.05, 4.69) is 15.2 Å². The molecule has 200 valence electrons. The van der Waals surface area contributed by atoms with Gasteiger partial charge in [-0.15, -0.1) is 0 Å². The molecule has 4 heterocycles. The Labute approximate surface area is 214 Å². The van der Waals surface area contributed by atoms with Crippen molar-refractivity contribution in [3.63, 3.8) is 0 Å². The number of hydrogen-bond acceptors (Lipinski definition) is 6. The summed E-state index contributed by atoms with van der Waals surface area (Å²) in [5, 5.41) is 3.16. The summed E-state index contributed by atoms with van der Waals surface area (Å²) >= 11 is 0. The van der Waals surface area contributed by atoms with Crippen LogP contribution < -0.4 is 5.32 Å². The first kappa shape index (κ1) is 26.1. The van der Waals surface area contributed by atoms with Crippen molar-refractivity contribution >= 4 is 5.91 Å². The normalized spacial score (nSPS) is 23.6. The fraction of sp³-hybridized carbons (Fsp3) is 0.556. The molecule has 0 radical (unpaired) electrons. The number of amides is 1. The van der Waals surface area contributed by atoms with Crippen LogP contribution in [0.2, 0.25) is 0 Å². The molecule has 0 spiro atoms. The Morgan fingerprint density at radius 2 is 1.97 bits per heavy atom. The van der Waals surface area contributed by atoms with Gasteiger partial charge in [-0.25, -0.2) is 0 Å². The van der Waals surface area contributed by atoms with Gasteiger partial charge in [-0.1, -0.05) is 12.1 Å². The van der Waals surface area contributed by atoms with Crippen molar-refractivity contribution in [1.29, 1.82) is 0 Å². The first-order valence-electron chi connectivity index (χ1n) is 12.9. The van der Waals surface area contributed by atoms with Crippen LogP contribution in [0.3, 0.4) is 0 Å². The van der Waals surface area contributed by atoms with Crippen molar-refractivity contribution in [2.24, 2.45) is 0 Å². The molecule has 0 bridgehead atoms. The molecule has 10 heteroatoms. The molecule has 1 aromatic carbocycles. The van der Waals surface area contributed by atoms with Gasteiger partial charge in [0.25, 0.3) is 0 Å². The summed E-state index contributed by atoms with van der Waals surface area (Å²) in [5.41, 5.74) is 1.74. The van der Waals surface area contributed by atoms with Gasteiger partial charge in [0.2, 0.25) is 5.91 Å². The highest BCUT2D eigenvalue weighted by atomic mass is 19.4. The minimum atomic E-state index is -4.38.